The number of para-hydroxylation sites is 1. The lowest BCUT2D eigenvalue weighted by Crippen LogP contribution is -2.32. The number of hydrogen-bond acceptors (Lipinski definition) is 3. The van der Waals surface area contributed by atoms with Gasteiger partial charge in [0.1, 0.15) is 0 Å². The summed E-state index contributed by atoms with van der Waals surface area (Å²) in [6.07, 6.45) is 2.99. The lowest BCUT2D eigenvalue weighted by Gasteiger charge is -2.28. The summed E-state index contributed by atoms with van der Waals surface area (Å²) >= 11 is 1.79. The van der Waals surface area contributed by atoms with Gasteiger partial charge in [0.15, 0.2) is 0 Å². The lowest BCUT2D eigenvalue weighted by molar-refractivity contribution is -0.117. The number of thioether (sulfide) groups is 1. The molecule has 0 bridgehead atoms. The van der Waals surface area contributed by atoms with Gasteiger partial charge in [0.25, 0.3) is 0 Å². The molecular weight excluding hydrogens is 292 g/mol. The minimum Gasteiger partial charge on any atom is -0.325 e. The number of anilines is 1. The smallest absolute Gasteiger partial charge is 0.224 e. The Hall–Kier alpha value is -1.00. The number of piperidine rings is 1. The summed E-state index contributed by atoms with van der Waals surface area (Å²) in [7, 11) is 0. The molecule has 1 saturated heterocycles. The number of rotatable bonds is 6. The van der Waals surface area contributed by atoms with Crippen LogP contribution in [-0.4, -0.2) is 24.2 Å². The fourth-order valence-electron chi connectivity index (χ4n) is 3.00. The van der Waals surface area contributed by atoms with Crippen LogP contribution in [0.5, 0.6) is 0 Å². The van der Waals surface area contributed by atoms with E-state index in [2.05, 4.69) is 37.5 Å². The van der Waals surface area contributed by atoms with Crippen LogP contribution in [0.3, 0.4) is 0 Å². The molecular formula is C18H28N2OS. The van der Waals surface area contributed by atoms with E-state index in [4.69, 9.17) is 0 Å². The SMILES string of the molecule is CC(C)Sc1ccccc1NC(=O)CC(C)C1CCNCC1. The third-order valence-electron chi connectivity index (χ3n) is 4.22. The molecule has 1 aliphatic rings. The maximum absolute atomic E-state index is 12.4. The molecule has 1 heterocycles. The molecule has 3 nitrogen and oxygen atoms in total. The van der Waals surface area contributed by atoms with Crippen LogP contribution in [0.2, 0.25) is 0 Å². The highest BCUT2D eigenvalue weighted by Crippen LogP contribution is 2.31. The second kappa shape index (κ2) is 8.59. The first-order chi connectivity index (χ1) is 10.6. The molecule has 4 heteroatoms. The van der Waals surface area contributed by atoms with Crippen LogP contribution in [0.15, 0.2) is 29.2 Å². The van der Waals surface area contributed by atoms with E-state index in [9.17, 15) is 4.79 Å². The predicted octanol–water partition coefficient (Wildman–Crippen LogP) is 4.15. The van der Waals surface area contributed by atoms with Crippen LogP contribution in [-0.2, 0) is 4.79 Å². The first kappa shape index (κ1) is 17.4. The van der Waals surface area contributed by atoms with E-state index in [-0.39, 0.29) is 5.91 Å². The number of benzene rings is 1. The molecule has 1 fully saturated rings. The second-order valence-electron chi connectivity index (χ2n) is 6.48. The monoisotopic (exact) mass is 320 g/mol. The Kier molecular flexibility index (Phi) is 6.77. The van der Waals surface area contributed by atoms with E-state index in [1.54, 1.807) is 11.8 Å². The van der Waals surface area contributed by atoms with Crippen LogP contribution in [0.1, 0.15) is 40.0 Å². The molecule has 2 N–H and O–H groups in total. The zero-order valence-corrected chi connectivity index (χ0v) is 14.7. The standard InChI is InChI=1S/C18H28N2OS/c1-13(2)22-17-7-5-4-6-16(17)20-18(21)12-14(3)15-8-10-19-11-9-15/h4-7,13-15,19H,8-12H2,1-3H3,(H,20,21). The third kappa shape index (κ3) is 5.33. The van der Waals surface area contributed by atoms with E-state index in [0.717, 1.165) is 23.7 Å². The number of carbonyl (C=O) groups is 1. The number of carbonyl (C=O) groups excluding carboxylic acids is 1. The van der Waals surface area contributed by atoms with Crippen molar-refractivity contribution in [3.63, 3.8) is 0 Å². The topological polar surface area (TPSA) is 41.1 Å². The molecule has 122 valence electrons. The van der Waals surface area contributed by atoms with Crippen molar-refractivity contribution in [1.29, 1.82) is 0 Å². The number of nitrogens with one attached hydrogen (secondary N) is 2. The van der Waals surface area contributed by atoms with Crippen LogP contribution >= 0.6 is 11.8 Å². The molecule has 0 spiro atoms. The van der Waals surface area contributed by atoms with Crippen molar-refractivity contribution in [2.24, 2.45) is 11.8 Å². The van der Waals surface area contributed by atoms with Gasteiger partial charge in [0.2, 0.25) is 5.91 Å². The molecule has 0 aliphatic carbocycles. The third-order valence-corrected chi connectivity index (χ3v) is 5.30. The summed E-state index contributed by atoms with van der Waals surface area (Å²) in [5, 5.41) is 7.00. The zero-order chi connectivity index (χ0) is 15.9. The van der Waals surface area contributed by atoms with E-state index in [1.807, 2.05) is 18.2 Å². The summed E-state index contributed by atoms with van der Waals surface area (Å²) in [5.74, 6) is 1.27. The number of hydrogen-bond donors (Lipinski definition) is 2. The fraction of sp³-hybridized carbons (Fsp3) is 0.611. The Labute approximate surface area is 138 Å². The van der Waals surface area contributed by atoms with Gasteiger partial charge in [0, 0.05) is 16.6 Å². The van der Waals surface area contributed by atoms with Gasteiger partial charge in [0.05, 0.1) is 5.69 Å². The van der Waals surface area contributed by atoms with Gasteiger partial charge in [-0.1, -0.05) is 32.9 Å². The molecule has 1 aromatic carbocycles. The molecule has 0 saturated carbocycles. The molecule has 1 aliphatic heterocycles. The van der Waals surface area contributed by atoms with Gasteiger partial charge in [-0.3, -0.25) is 4.79 Å². The van der Waals surface area contributed by atoms with Crippen LogP contribution in [0.25, 0.3) is 0 Å². The van der Waals surface area contributed by atoms with Gasteiger partial charge in [-0.15, -0.1) is 11.8 Å². The molecule has 0 aromatic heterocycles. The quantitative estimate of drug-likeness (QED) is 0.774. The fourth-order valence-corrected chi connectivity index (χ4v) is 3.91. The maximum atomic E-state index is 12.4. The average molecular weight is 321 g/mol. The van der Waals surface area contributed by atoms with Crippen molar-refractivity contribution in [3.8, 4) is 0 Å². The van der Waals surface area contributed by atoms with Gasteiger partial charge < -0.3 is 10.6 Å². The average Bonchev–Trinajstić information content (AvgIpc) is 2.49. The van der Waals surface area contributed by atoms with Crippen molar-refractivity contribution in [3.05, 3.63) is 24.3 Å². The second-order valence-corrected chi connectivity index (χ2v) is 8.10. The number of amides is 1. The lowest BCUT2D eigenvalue weighted by atomic mass is 9.84. The molecule has 0 radical (unpaired) electrons. The minimum absolute atomic E-state index is 0.142. The van der Waals surface area contributed by atoms with E-state index in [1.165, 1.54) is 12.8 Å². The largest absolute Gasteiger partial charge is 0.325 e. The Morgan fingerprint density at radius 3 is 2.64 bits per heavy atom. The predicted molar refractivity (Wildman–Crippen MR) is 95.4 cm³/mol. The van der Waals surface area contributed by atoms with Crippen molar-refractivity contribution in [1.82, 2.24) is 5.32 Å². The van der Waals surface area contributed by atoms with Gasteiger partial charge in [-0.25, -0.2) is 0 Å². The minimum atomic E-state index is 0.142. The molecule has 1 atom stereocenters. The Balaban J connectivity index is 1.91. The Morgan fingerprint density at radius 1 is 1.27 bits per heavy atom. The first-order valence-electron chi connectivity index (χ1n) is 8.32. The van der Waals surface area contributed by atoms with Crippen molar-refractivity contribution < 1.29 is 4.79 Å². The summed E-state index contributed by atoms with van der Waals surface area (Å²) in [4.78, 5) is 13.5. The summed E-state index contributed by atoms with van der Waals surface area (Å²) in [6, 6.07) is 8.09. The maximum Gasteiger partial charge on any atom is 0.224 e. The normalized spacial score (nSPS) is 17.5. The molecule has 22 heavy (non-hydrogen) atoms. The van der Waals surface area contributed by atoms with E-state index >= 15 is 0 Å². The molecule has 1 amide bonds. The Morgan fingerprint density at radius 2 is 1.95 bits per heavy atom. The highest BCUT2D eigenvalue weighted by atomic mass is 32.2. The van der Waals surface area contributed by atoms with Crippen molar-refractivity contribution in [2.75, 3.05) is 18.4 Å². The van der Waals surface area contributed by atoms with Gasteiger partial charge in [-0.05, 0) is 49.9 Å². The van der Waals surface area contributed by atoms with E-state index < -0.39 is 0 Å². The van der Waals surface area contributed by atoms with Gasteiger partial charge in [-0.2, -0.15) is 0 Å². The summed E-state index contributed by atoms with van der Waals surface area (Å²) < 4.78 is 0. The summed E-state index contributed by atoms with van der Waals surface area (Å²) in [6.45, 7) is 8.73. The highest BCUT2D eigenvalue weighted by Gasteiger charge is 2.22. The van der Waals surface area contributed by atoms with Crippen LogP contribution < -0.4 is 10.6 Å². The Bertz CT molecular complexity index is 484. The van der Waals surface area contributed by atoms with E-state index in [0.29, 0.717) is 23.5 Å². The van der Waals surface area contributed by atoms with Gasteiger partial charge >= 0.3 is 0 Å². The van der Waals surface area contributed by atoms with Crippen LogP contribution in [0.4, 0.5) is 5.69 Å². The van der Waals surface area contributed by atoms with Crippen LogP contribution in [0, 0.1) is 11.8 Å². The van der Waals surface area contributed by atoms with Crippen molar-refractivity contribution >= 4 is 23.4 Å². The molecule has 1 unspecified atom stereocenters. The zero-order valence-electron chi connectivity index (χ0n) is 13.9. The molecule has 2 rings (SSSR count). The van der Waals surface area contributed by atoms with Crippen molar-refractivity contribution in [2.45, 2.75) is 50.2 Å². The first-order valence-corrected chi connectivity index (χ1v) is 9.20. The highest BCUT2D eigenvalue weighted by molar-refractivity contribution is 8.00. The molecule has 1 aromatic rings. The summed E-state index contributed by atoms with van der Waals surface area (Å²) in [5.41, 5.74) is 0.948.